The molecule has 120 valence electrons. The Kier molecular flexibility index (Phi) is 5.41. The molecule has 0 aliphatic heterocycles. The van der Waals surface area contributed by atoms with Crippen molar-refractivity contribution in [1.82, 2.24) is 9.78 Å². The van der Waals surface area contributed by atoms with Crippen molar-refractivity contribution in [2.24, 2.45) is 7.05 Å². The number of aryl methyl sites for hydroxylation is 1. The molecule has 0 spiro atoms. The Morgan fingerprint density at radius 3 is 2.45 bits per heavy atom. The third-order valence-electron chi connectivity index (χ3n) is 2.97. The Morgan fingerprint density at radius 1 is 1.27 bits per heavy atom. The van der Waals surface area contributed by atoms with Gasteiger partial charge in [0.15, 0.2) is 5.69 Å². The van der Waals surface area contributed by atoms with Crippen LogP contribution in [-0.2, 0) is 19.6 Å². The maximum atomic E-state index is 13.1. The van der Waals surface area contributed by atoms with Crippen molar-refractivity contribution in [3.8, 4) is 0 Å². The third kappa shape index (κ3) is 3.97. The van der Waals surface area contributed by atoms with Crippen LogP contribution >= 0.6 is 23.4 Å². The average molecular weight is 351 g/mol. The smallest absolute Gasteiger partial charge is 0.396 e. The van der Waals surface area contributed by atoms with Gasteiger partial charge < -0.3 is 5.11 Å². The van der Waals surface area contributed by atoms with Crippen LogP contribution in [0.4, 0.5) is 13.2 Å². The van der Waals surface area contributed by atoms with Gasteiger partial charge in [-0.2, -0.15) is 18.3 Å². The first-order valence-corrected chi connectivity index (χ1v) is 7.69. The molecular weight excluding hydrogens is 337 g/mol. The quantitative estimate of drug-likeness (QED) is 0.879. The Balaban J connectivity index is 2.40. The van der Waals surface area contributed by atoms with Gasteiger partial charge in [0.1, 0.15) is 5.03 Å². The van der Waals surface area contributed by atoms with Gasteiger partial charge in [0.25, 0.3) is 0 Å². The molecule has 0 amide bonds. The van der Waals surface area contributed by atoms with E-state index in [1.807, 2.05) is 0 Å². The molecule has 2 aromatic rings. The van der Waals surface area contributed by atoms with E-state index in [1.54, 1.807) is 24.3 Å². The maximum Gasteiger partial charge on any atom is 0.435 e. The zero-order chi connectivity index (χ0) is 16.3. The second-order valence-corrected chi connectivity index (χ2v) is 6.14. The van der Waals surface area contributed by atoms with Crippen LogP contribution in [0.3, 0.4) is 0 Å². The minimum atomic E-state index is -4.51. The molecule has 2 rings (SSSR count). The number of nitrogens with zero attached hydrogens (tertiary/aromatic N) is 2. The van der Waals surface area contributed by atoms with Crippen LogP contribution in [0.15, 0.2) is 34.2 Å². The Bertz CT molecular complexity index is 641. The first kappa shape index (κ1) is 17.2. The lowest BCUT2D eigenvalue weighted by atomic mass is 10.1. The molecule has 0 unspecified atom stereocenters. The second kappa shape index (κ2) is 6.93. The first-order chi connectivity index (χ1) is 10.3. The van der Waals surface area contributed by atoms with E-state index in [1.165, 1.54) is 23.5 Å². The van der Waals surface area contributed by atoms with Crippen LogP contribution in [0.25, 0.3) is 0 Å². The fourth-order valence-corrected chi connectivity index (χ4v) is 3.12. The zero-order valence-electron chi connectivity index (χ0n) is 11.7. The predicted molar refractivity (Wildman–Crippen MR) is 79.2 cm³/mol. The molecular formula is C14H14ClF3N2OS. The summed E-state index contributed by atoms with van der Waals surface area (Å²) in [4.78, 5) is 0.770. The Labute approximate surface area is 135 Å². The summed E-state index contributed by atoms with van der Waals surface area (Å²) >= 11 is 7.00. The largest absolute Gasteiger partial charge is 0.435 e. The molecule has 0 saturated carbocycles. The highest BCUT2D eigenvalue weighted by Crippen LogP contribution is 2.39. The molecule has 0 aliphatic carbocycles. The summed E-state index contributed by atoms with van der Waals surface area (Å²) in [5.41, 5.74) is -0.774. The highest BCUT2D eigenvalue weighted by atomic mass is 35.5. The molecule has 3 nitrogen and oxygen atoms in total. The molecule has 0 bridgehead atoms. The van der Waals surface area contributed by atoms with Gasteiger partial charge in [0, 0.05) is 29.1 Å². The van der Waals surface area contributed by atoms with Crippen molar-refractivity contribution in [2.45, 2.75) is 28.9 Å². The van der Waals surface area contributed by atoms with Crippen LogP contribution in [0.2, 0.25) is 5.02 Å². The van der Waals surface area contributed by atoms with Crippen LogP contribution in [0.5, 0.6) is 0 Å². The lowest BCUT2D eigenvalue weighted by Gasteiger charge is -2.08. The molecule has 0 radical (unpaired) electrons. The van der Waals surface area contributed by atoms with Crippen molar-refractivity contribution in [1.29, 1.82) is 0 Å². The number of rotatable bonds is 5. The highest BCUT2D eigenvalue weighted by molar-refractivity contribution is 7.99. The van der Waals surface area contributed by atoms with Crippen molar-refractivity contribution in [3.05, 3.63) is 40.5 Å². The Morgan fingerprint density at radius 2 is 1.91 bits per heavy atom. The monoisotopic (exact) mass is 350 g/mol. The van der Waals surface area contributed by atoms with E-state index in [0.29, 0.717) is 10.0 Å². The topological polar surface area (TPSA) is 38.0 Å². The van der Waals surface area contributed by atoms with Crippen molar-refractivity contribution >= 4 is 23.4 Å². The number of aliphatic hydroxyl groups excluding tert-OH is 1. The summed E-state index contributed by atoms with van der Waals surface area (Å²) in [6, 6.07) is 6.84. The van der Waals surface area contributed by atoms with E-state index in [4.69, 9.17) is 16.7 Å². The average Bonchev–Trinajstić information content (AvgIpc) is 2.76. The number of aromatic nitrogens is 2. The van der Waals surface area contributed by atoms with E-state index < -0.39 is 11.9 Å². The van der Waals surface area contributed by atoms with Crippen LogP contribution in [0, 0.1) is 0 Å². The van der Waals surface area contributed by atoms with Gasteiger partial charge in [-0.15, -0.1) is 0 Å². The summed E-state index contributed by atoms with van der Waals surface area (Å²) in [5, 5.41) is 13.5. The van der Waals surface area contributed by atoms with Crippen molar-refractivity contribution in [2.75, 3.05) is 6.61 Å². The molecule has 1 heterocycles. The number of hydrogen-bond donors (Lipinski definition) is 1. The molecule has 1 aromatic heterocycles. The minimum absolute atomic E-state index is 0.115. The molecule has 0 aliphatic rings. The van der Waals surface area contributed by atoms with E-state index in [2.05, 4.69) is 5.10 Å². The number of alkyl halides is 3. The summed E-state index contributed by atoms with van der Waals surface area (Å²) in [7, 11) is 1.48. The SMILES string of the molecule is Cn1nc(C(F)(F)F)c(CCCO)c1Sc1ccc(Cl)cc1. The fraction of sp³-hybridized carbons (Fsp3) is 0.357. The number of benzene rings is 1. The van der Waals surface area contributed by atoms with E-state index in [0.717, 1.165) is 4.90 Å². The standard InChI is InChI=1S/C14H14ClF3N2OS/c1-20-13(22-10-6-4-9(15)5-7-10)11(3-2-8-21)12(19-20)14(16,17)18/h4-7,21H,2-3,8H2,1H3. The molecule has 8 heteroatoms. The van der Waals surface area contributed by atoms with Crippen LogP contribution < -0.4 is 0 Å². The number of hydrogen-bond acceptors (Lipinski definition) is 3. The lowest BCUT2D eigenvalue weighted by molar-refractivity contribution is -0.142. The van der Waals surface area contributed by atoms with Crippen molar-refractivity contribution < 1.29 is 18.3 Å². The maximum absolute atomic E-state index is 13.1. The molecule has 1 N–H and O–H groups in total. The summed E-state index contributed by atoms with van der Waals surface area (Å²) in [6.07, 6.45) is -4.14. The minimum Gasteiger partial charge on any atom is -0.396 e. The molecule has 1 aromatic carbocycles. The van der Waals surface area contributed by atoms with E-state index in [-0.39, 0.29) is 25.0 Å². The van der Waals surface area contributed by atoms with Gasteiger partial charge in [0.05, 0.1) is 0 Å². The van der Waals surface area contributed by atoms with Gasteiger partial charge in [-0.3, -0.25) is 4.68 Å². The van der Waals surface area contributed by atoms with Gasteiger partial charge in [-0.25, -0.2) is 0 Å². The van der Waals surface area contributed by atoms with Gasteiger partial charge in [0.2, 0.25) is 0 Å². The summed E-state index contributed by atoms with van der Waals surface area (Å²) < 4.78 is 40.5. The van der Waals surface area contributed by atoms with Crippen molar-refractivity contribution in [3.63, 3.8) is 0 Å². The molecule has 0 saturated heterocycles. The Hall–Kier alpha value is -1.18. The van der Waals surface area contributed by atoms with E-state index in [9.17, 15) is 13.2 Å². The zero-order valence-corrected chi connectivity index (χ0v) is 13.3. The summed E-state index contributed by atoms with van der Waals surface area (Å²) in [5.74, 6) is 0. The molecule has 0 fully saturated rings. The van der Waals surface area contributed by atoms with Crippen LogP contribution in [-0.4, -0.2) is 21.5 Å². The second-order valence-electron chi connectivity index (χ2n) is 4.64. The highest BCUT2D eigenvalue weighted by Gasteiger charge is 2.38. The molecule has 22 heavy (non-hydrogen) atoms. The number of aliphatic hydroxyl groups is 1. The summed E-state index contributed by atoms with van der Waals surface area (Å²) in [6.45, 7) is -0.169. The lowest BCUT2D eigenvalue weighted by Crippen LogP contribution is -2.10. The predicted octanol–water partition coefficient (Wildman–Crippen LogP) is 4.17. The van der Waals surface area contributed by atoms with Gasteiger partial charge in [-0.05, 0) is 37.1 Å². The first-order valence-electron chi connectivity index (χ1n) is 6.50. The van der Waals surface area contributed by atoms with Gasteiger partial charge in [-0.1, -0.05) is 23.4 Å². The fourth-order valence-electron chi connectivity index (χ4n) is 2.00. The molecule has 0 atom stereocenters. The normalized spacial score (nSPS) is 11.9. The number of halogens is 4. The van der Waals surface area contributed by atoms with Crippen LogP contribution in [0.1, 0.15) is 17.7 Å². The van der Waals surface area contributed by atoms with E-state index >= 15 is 0 Å². The third-order valence-corrected chi connectivity index (χ3v) is 4.43. The van der Waals surface area contributed by atoms with Gasteiger partial charge >= 0.3 is 6.18 Å².